The molecule has 0 aliphatic rings. The van der Waals surface area contributed by atoms with E-state index in [1.807, 2.05) is 58.9 Å². The largest absolute Gasteiger partial charge is 0.348 e. The highest BCUT2D eigenvalue weighted by Gasteiger charge is 2.22. The standard InChI is InChI=1S/C21H28N2O3S/c1-14-9-15(2)11-20(10-14)23(27(6,25)26)13-21(24)22-18(5)19-8-7-16(3)17(4)12-19/h7-12,18H,13H2,1-6H3,(H,22,24). The molecule has 0 bridgehead atoms. The maximum absolute atomic E-state index is 12.6. The summed E-state index contributed by atoms with van der Waals surface area (Å²) >= 11 is 0. The number of aryl methyl sites for hydroxylation is 4. The van der Waals surface area contributed by atoms with Crippen LogP contribution in [-0.2, 0) is 14.8 Å². The van der Waals surface area contributed by atoms with Gasteiger partial charge in [-0.05, 0) is 74.6 Å². The normalized spacial score (nSPS) is 12.5. The lowest BCUT2D eigenvalue weighted by molar-refractivity contribution is -0.120. The topological polar surface area (TPSA) is 66.5 Å². The summed E-state index contributed by atoms with van der Waals surface area (Å²) in [5.41, 5.74) is 5.73. The van der Waals surface area contributed by atoms with Crippen LogP contribution in [0.2, 0.25) is 0 Å². The van der Waals surface area contributed by atoms with Gasteiger partial charge in [0.25, 0.3) is 0 Å². The number of hydrogen-bond donors (Lipinski definition) is 1. The first-order valence-corrected chi connectivity index (χ1v) is 10.7. The van der Waals surface area contributed by atoms with Gasteiger partial charge in [0, 0.05) is 0 Å². The number of anilines is 1. The Balaban J connectivity index is 2.20. The number of carbonyl (C=O) groups excluding carboxylic acids is 1. The molecule has 5 nitrogen and oxygen atoms in total. The van der Waals surface area contributed by atoms with Gasteiger partial charge in [0.2, 0.25) is 15.9 Å². The fraction of sp³-hybridized carbons (Fsp3) is 0.381. The van der Waals surface area contributed by atoms with Gasteiger partial charge in [0.1, 0.15) is 6.54 Å². The molecule has 0 aliphatic heterocycles. The molecule has 0 radical (unpaired) electrons. The Morgan fingerprint density at radius 2 is 1.59 bits per heavy atom. The predicted octanol–water partition coefficient (Wildman–Crippen LogP) is 3.56. The van der Waals surface area contributed by atoms with Crippen LogP contribution in [0.1, 0.15) is 40.8 Å². The Hall–Kier alpha value is -2.34. The summed E-state index contributed by atoms with van der Waals surface area (Å²) in [7, 11) is -3.59. The number of benzene rings is 2. The van der Waals surface area contributed by atoms with E-state index in [9.17, 15) is 13.2 Å². The number of amides is 1. The van der Waals surface area contributed by atoms with Crippen LogP contribution < -0.4 is 9.62 Å². The summed E-state index contributed by atoms with van der Waals surface area (Å²) in [5.74, 6) is -0.342. The first kappa shape index (κ1) is 21.0. The summed E-state index contributed by atoms with van der Waals surface area (Å²) in [6.07, 6.45) is 1.12. The molecule has 1 N–H and O–H groups in total. The van der Waals surface area contributed by atoms with E-state index in [1.165, 1.54) is 5.56 Å². The summed E-state index contributed by atoms with van der Waals surface area (Å²) in [5, 5.41) is 2.90. The number of nitrogens with zero attached hydrogens (tertiary/aromatic N) is 1. The lowest BCUT2D eigenvalue weighted by atomic mass is 10.0. The van der Waals surface area contributed by atoms with E-state index in [0.717, 1.165) is 32.8 Å². The summed E-state index contributed by atoms with van der Waals surface area (Å²) < 4.78 is 25.7. The van der Waals surface area contributed by atoms with Gasteiger partial charge in [-0.15, -0.1) is 0 Å². The van der Waals surface area contributed by atoms with E-state index in [0.29, 0.717) is 5.69 Å². The molecule has 0 saturated heterocycles. The van der Waals surface area contributed by atoms with Crippen molar-refractivity contribution in [2.24, 2.45) is 0 Å². The van der Waals surface area contributed by atoms with Crippen LogP contribution in [-0.4, -0.2) is 27.1 Å². The van der Waals surface area contributed by atoms with Crippen molar-refractivity contribution >= 4 is 21.6 Å². The smallest absolute Gasteiger partial charge is 0.241 e. The van der Waals surface area contributed by atoms with E-state index in [2.05, 4.69) is 5.32 Å². The van der Waals surface area contributed by atoms with Crippen molar-refractivity contribution in [1.82, 2.24) is 5.32 Å². The van der Waals surface area contributed by atoms with Gasteiger partial charge >= 0.3 is 0 Å². The molecule has 1 amide bonds. The quantitative estimate of drug-likeness (QED) is 0.823. The SMILES string of the molecule is Cc1cc(C)cc(N(CC(=O)NC(C)c2ccc(C)c(C)c2)S(C)(=O)=O)c1. The molecule has 0 saturated carbocycles. The van der Waals surface area contributed by atoms with E-state index < -0.39 is 10.0 Å². The molecule has 2 rings (SSSR count). The zero-order chi connectivity index (χ0) is 20.4. The molecule has 0 heterocycles. The first-order valence-electron chi connectivity index (χ1n) is 8.90. The molecule has 2 aromatic carbocycles. The first-order chi connectivity index (χ1) is 12.5. The third-order valence-corrected chi connectivity index (χ3v) is 5.73. The van der Waals surface area contributed by atoms with Gasteiger partial charge in [-0.3, -0.25) is 9.10 Å². The van der Waals surface area contributed by atoms with E-state index in [-0.39, 0.29) is 18.5 Å². The predicted molar refractivity (Wildman–Crippen MR) is 111 cm³/mol. The van der Waals surface area contributed by atoms with Crippen LogP contribution in [0.25, 0.3) is 0 Å². The van der Waals surface area contributed by atoms with E-state index >= 15 is 0 Å². The Bertz CT molecular complexity index is 932. The maximum atomic E-state index is 12.6. The van der Waals surface area contributed by atoms with Gasteiger partial charge in [0.15, 0.2) is 0 Å². The zero-order valence-electron chi connectivity index (χ0n) is 16.8. The number of rotatable bonds is 6. The molecular weight excluding hydrogens is 360 g/mol. The van der Waals surface area contributed by atoms with Crippen molar-refractivity contribution in [3.8, 4) is 0 Å². The average molecular weight is 389 g/mol. The van der Waals surface area contributed by atoms with Crippen LogP contribution in [0.3, 0.4) is 0 Å². The fourth-order valence-corrected chi connectivity index (χ4v) is 3.87. The number of sulfonamides is 1. The average Bonchev–Trinajstić information content (AvgIpc) is 2.53. The molecule has 27 heavy (non-hydrogen) atoms. The van der Waals surface area contributed by atoms with Crippen LogP contribution >= 0.6 is 0 Å². The van der Waals surface area contributed by atoms with Crippen molar-refractivity contribution in [3.63, 3.8) is 0 Å². The molecule has 6 heteroatoms. The Morgan fingerprint density at radius 1 is 1.00 bits per heavy atom. The third-order valence-electron chi connectivity index (χ3n) is 4.59. The van der Waals surface area contributed by atoms with Gasteiger partial charge in [-0.1, -0.05) is 24.3 Å². The second kappa shape index (κ2) is 8.13. The summed E-state index contributed by atoms with van der Waals surface area (Å²) in [6, 6.07) is 11.3. The Kier molecular flexibility index (Phi) is 6.31. The highest BCUT2D eigenvalue weighted by Crippen LogP contribution is 2.22. The number of nitrogens with one attached hydrogen (secondary N) is 1. The van der Waals surface area contributed by atoms with Crippen LogP contribution in [0.5, 0.6) is 0 Å². The number of carbonyl (C=O) groups is 1. The molecule has 146 valence electrons. The second-order valence-corrected chi connectivity index (χ2v) is 9.16. The Morgan fingerprint density at radius 3 is 2.11 bits per heavy atom. The van der Waals surface area contributed by atoms with Gasteiger partial charge < -0.3 is 5.32 Å². The fourth-order valence-electron chi connectivity index (χ4n) is 3.03. The van der Waals surface area contributed by atoms with Crippen molar-refractivity contribution in [1.29, 1.82) is 0 Å². The Labute approximate surface area is 162 Å². The van der Waals surface area contributed by atoms with Gasteiger partial charge in [-0.25, -0.2) is 8.42 Å². The molecule has 0 aromatic heterocycles. The van der Waals surface area contributed by atoms with Crippen LogP contribution in [0.4, 0.5) is 5.69 Å². The maximum Gasteiger partial charge on any atom is 0.241 e. The van der Waals surface area contributed by atoms with Crippen molar-refractivity contribution in [2.45, 2.75) is 40.7 Å². The lowest BCUT2D eigenvalue weighted by Gasteiger charge is -2.24. The number of hydrogen-bond acceptors (Lipinski definition) is 3. The summed E-state index contributed by atoms with van der Waals surface area (Å²) in [6.45, 7) is 9.51. The highest BCUT2D eigenvalue weighted by molar-refractivity contribution is 7.92. The molecule has 0 spiro atoms. The van der Waals surface area contributed by atoms with Crippen molar-refractivity contribution in [2.75, 3.05) is 17.1 Å². The van der Waals surface area contributed by atoms with E-state index in [1.54, 1.807) is 12.1 Å². The minimum absolute atomic E-state index is 0.211. The van der Waals surface area contributed by atoms with Gasteiger partial charge in [-0.2, -0.15) is 0 Å². The van der Waals surface area contributed by atoms with E-state index in [4.69, 9.17) is 0 Å². The molecule has 1 unspecified atom stereocenters. The lowest BCUT2D eigenvalue weighted by Crippen LogP contribution is -2.41. The minimum atomic E-state index is -3.59. The molecule has 2 aromatic rings. The summed E-state index contributed by atoms with van der Waals surface area (Å²) in [4.78, 5) is 12.6. The van der Waals surface area contributed by atoms with Gasteiger partial charge in [0.05, 0.1) is 18.0 Å². The highest BCUT2D eigenvalue weighted by atomic mass is 32.2. The van der Waals surface area contributed by atoms with Crippen molar-refractivity contribution in [3.05, 3.63) is 64.2 Å². The monoisotopic (exact) mass is 388 g/mol. The molecular formula is C21H28N2O3S. The second-order valence-electron chi connectivity index (χ2n) is 7.25. The van der Waals surface area contributed by atoms with Crippen LogP contribution in [0, 0.1) is 27.7 Å². The molecule has 0 fully saturated rings. The van der Waals surface area contributed by atoms with Crippen LogP contribution in [0.15, 0.2) is 36.4 Å². The molecule has 1 atom stereocenters. The third kappa shape index (κ3) is 5.57. The minimum Gasteiger partial charge on any atom is -0.348 e. The van der Waals surface area contributed by atoms with Crippen molar-refractivity contribution < 1.29 is 13.2 Å². The molecule has 0 aliphatic carbocycles. The zero-order valence-corrected chi connectivity index (χ0v) is 17.6.